The van der Waals surface area contributed by atoms with Crippen molar-refractivity contribution in [1.82, 2.24) is 10.6 Å². The van der Waals surface area contributed by atoms with Crippen LogP contribution in [0.5, 0.6) is 0 Å². The van der Waals surface area contributed by atoms with Gasteiger partial charge in [0.25, 0.3) is 0 Å². The Morgan fingerprint density at radius 2 is 1.88 bits per heavy atom. The Bertz CT molecular complexity index is 248. The first-order valence-electron chi connectivity index (χ1n) is 6.39. The van der Waals surface area contributed by atoms with Crippen LogP contribution in [0.2, 0.25) is 0 Å². The number of hydrogen-bond donors (Lipinski definition) is 2. The Morgan fingerprint density at radius 3 is 2.35 bits per heavy atom. The molecule has 1 heterocycles. The molecule has 102 valence electrons. The minimum atomic E-state index is -0.233. The highest BCUT2D eigenvalue weighted by atomic mass is 35.5. The third-order valence-electron chi connectivity index (χ3n) is 3.98. The SMILES string of the molecule is CCC(C)(C)C(=O)NCC1(C)CCNCC1.Cl. The first-order chi connectivity index (χ1) is 7.40. The molecular weight excluding hydrogens is 236 g/mol. The second-order valence-corrected chi connectivity index (χ2v) is 5.98. The van der Waals surface area contributed by atoms with E-state index in [9.17, 15) is 4.79 Å². The summed E-state index contributed by atoms with van der Waals surface area (Å²) in [6.07, 6.45) is 3.19. The van der Waals surface area contributed by atoms with Crippen molar-refractivity contribution in [2.24, 2.45) is 10.8 Å². The maximum atomic E-state index is 12.0. The molecule has 0 aromatic rings. The maximum absolute atomic E-state index is 12.0. The summed E-state index contributed by atoms with van der Waals surface area (Å²) in [6, 6.07) is 0. The minimum Gasteiger partial charge on any atom is -0.355 e. The summed E-state index contributed by atoms with van der Waals surface area (Å²) in [5.41, 5.74) is 0.0496. The fraction of sp³-hybridized carbons (Fsp3) is 0.923. The van der Waals surface area contributed by atoms with Gasteiger partial charge in [-0.2, -0.15) is 0 Å². The summed E-state index contributed by atoms with van der Waals surface area (Å²) < 4.78 is 0. The molecule has 0 unspecified atom stereocenters. The van der Waals surface area contributed by atoms with Crippen molar-refractivity contribution < 1.29 is 4.79 Å². The third-order valence-corrected chi connectivity index (χ3v) is 3.98. The smallest absolute Gasteiger partial charge is 0.225 e. The van der Waals surface area contributed by atoms with Crippen molar-refractivity contribution in [1.29, 1.82) is 0 Å². The van der Waals surface area contributed by atoms with Crippen LogP contribution >= 0.6 is 12.4 Å². The lowest BCUT2D eigenvalue weighted by molar-refractivity contribution is -0.130. The zero-order valence-corrected chi connectivity index (χ0v) is 12.4. The Labute approximate surface area is 112 Å². The van der Waals surface area contributed by atoms with E-state index in [1.807, 2.05) is 13.8 Å². The van der Waals surface area contributed by atoms with Gasteiger partial charge in [0.2, 0.25) is 5.91 Å². The normalized spacial score (nSPS) is 19.3. The topological polar surface area (TPSA) is 41.1 Å². The fourth-order valence-corrected chi connectivity index (χ4v) is 1.90. The largest absolute Gasteiger partial charge is 0.355 e. The molecule has 0 radical (unpaired) electrons. The molecule has 1 saturated heterocycles. The molecule has 1 aliphatic rings. The molecule has 0 saturated carbocycles. The van der Waals surface area contributed by atoms with Crippen LogP contribution in [0.15, 0.2) is 0 Å². The number of amides is 1. The van der Waals surface area contributed by atoms with Crippen molar-refractivity contribution >= 4 is 18.3 Å². The van der Waals surface area contributed by atoms with Gasteiger partial charge in [0.05, 0.1) is 0 Å². The number of nitrogens with one attached hydrogen (secondary N) is 2. The summed E-state index contributed by atoms with van der Waals surface area (Å²) in [7, 11) is 0. The van der Waals surface area contributed by atoms with E-state index in [0.29, 0.717) is 0 Å². The van der Waals surface area contributed by atoms with Gasteiger partial charge in [0.1, 0.15) is 0 Å². The second-order valence-electron chi connectivity index (χ2n) is 5.98. The molecule has 1 rings (SSSR count). The van der Waals surface area contributed by atoms with Gasteiger partial charge < -0.3 is 10.6 Å². The molecule has 2 N–H and O–H groups in total. The van der Waals surface area contributed by atoms with Gasteiger partial charge in [-0.15, -0.1) is 12.4 Å². The standard InChI is InChI=1S/C13H26N2O.ClH/c1-5-12(2,3)11(16)15-10-13(4)6-8-14-9-7-13;/h14H,5-10H2,1-4H3,(H,15,16);1H. The van der Waals surface area contributed by atoms with E-state index in [1.165, 1.54) is 0 Å². The molecule has 0 aliphatic carbocycles. The van der Waals surface area contributed by atoms with Gasteiger partial charge in [-0.3, -0.25) is 4.79 Å². The van der Waals surface area contributed by atoms with Crippen molar-refractivity contribution in [3.8, 4) is 0 Å². The van der Waals surface area contributed by atoms with Gasteiger partial charge in [0.15, 0.2) is 0 Å². The number of halogens is 1. The Balaban J connectivity index is 0.00000256. The lowest BCUT2D eigenvalue weighted by Crippen LogP contribution is -2.46. The monoisotopic (exact) mass is 262 g/mol. The van der Waals surface area contributed by atoms with Crippen LogP contribution in [0.3, 0.4) is 0 Å². The van der Waals surface area contributed by atoms with Crippen molar-refractivity contribution in [2.45, 2.75) is 47.0 Å². The number of piperidine rings is 1. The molecule has 1 aliphatic heterocycles. The highest BCUT2D eigenvalue weighted by molar-refractivity contribution is 5.85. The van der Waals surface area contributed by atoms with Crippen LogP contribution in [0.4, 0.5) is 0 Å². The second kappa shape index (κ2) is 6.60. The number of hydrogen-bond acceptors (Lipinski definition) is 2. The molecule has 3 nitrogen and oxygen atoms in total. The molecule has 0 aromatic carbocycles. The summed E-state index contributed by atoms with van der Waals surface area (Å²) in [6.45, 7) is 11.3. The lowest BCUT2D eigenvalue weighted by atomic mass is 9.80. The van der Waals surface area contributed by atoms with Crippen molar-refractivity contribution in [3.63, 3.8) is 0 Å². The van der Waals surface area contributed by atoms with E-state index in [0.717, 1.165) is 38.9 Å². The molecule has 0 atom stereocenters. The molecule has 0 spiro atoms. The molecule has 4 heteroatoms. The average molecular weight is 263 g/mol. The van der Waals surface area contributed by atoms with E-state index in [-0.39, 0.29) is 29.1 Å². The van der Waals surface area contributed by atoms with Crippen LogP contribution < -0.4 is 10.6 Å². The Kier molecular flexibility index (Phi) is 6.49. The quantitative estimate of drug-likeness (QED) is 0.817. The van der Waals surface area contributed by atoms with Crippen molar-refractivity contribution in [3.05, 3.63) is 0 Å². The molecule has 0 aromatic heterocycles. The molecule has 1 fully saturated rings. The van der Waals surface area contributed by atoms with Gasteiger partial charge in [-0.1, -0.05) is 27.7 Å². The van der Waals surface area contributed by atoms with Crippen LogP contribution in [-0.2, 0) is 4.79 Å². The Hall–Kier alpha value is -0.280. The van der Waals surface area contributed by atoms with E-state index < -0.39 is 0 Å². The number of carbonyl (C=O) groups is 1. The molecule has 1 amide bonds. The first-order valence-corrected chi connectivity index (χ1v) is 6.39. The van der Waals surface area contributed by atoms with Crippen LogP contribution in [0, 0.1) is 10.8 Å². The van der Waals surface area contributed by atoms with E-state index in [2.05, 4.69) is 24.5 Å². The van der Waals surface area contributed by atoms with E-state index >= 15 is 0 Å². The predicted molar refractivity (Wildman–Crippen MR) is 74.5 cm³/mol. The van der Waals surface area contributed by atoms with Crippen LogP contribution in [0.25, 0.3) is 0 Å². The van der Waals surface area contributed by atoms with E-state index in [1.54, 1.807) is 0 Å². The average Bonchev–Trinajstić information content (AvgIpc) is 2.27. The predicted octanol–water partition coefficient (Wildman–Crippen LogP) is 2.35. The highest BCUT2D eigenvalue weighted by Gasteiger charge is 2.30. The van der Waals surface area contributed by atoms with Gasteiger partial charge in [-0.25, -0.2) is 0 Å². The summed E-state index contributed by atoms with van der Waals surface area (Å²) in [4.78, 5) is 12.0. The van der Waals surface area contributed by atoms with Gasteiger partial charge in [-0.05, 0) is 37.8 Å². The summed E-state index contributed by atoms with van der Waals surface area (Å²) in [5.74, 6) is 0.190. The summed E-state index contributed by atoms with van der Waals surface area (Å²) >= 11 is 0. The lowest BCUT2D eigenvalue weighted by Gasteiger charge is -2.35. The van der Waals surface area contributed by atoms with Crippen molar-refractivity contribution in [2.75, 3.05) is 19.6 Å². The number of rotatable bonds is 4. The zero-order chi connectivity index (χ0) is 12.2. The van der Waals surface area contributed by atoms with Crippen LogP contribution in [0.1, 0.15) is 47.0 Å². The first kappa shape index (κ1) is 16.7. The fourth-order valence-electron chi connectivity index (χ4n) is 1.90. The third kappa shape index (κ3) is 4.84. The van der Waals surface area contributed by atoms with E-state index in [4.69, 9.17) is 0 Å². The molecular formula is C13H27ClN2O. The van der Waals surface area contributed by atoms with Gasteiger partial charge in [0, 0.05) is 12.0 Å². The summed E-state index contributed by atoms with van der Waals surface area (Å²) in [5, 5.41) is 6.47. The molecule has 0 bridgehead atoms. The number of carbonyl (C=O) groups excluding carboxylic acids is 1. The minimum absolute atomic E-state index is 0. The highest BCUT2D eigenvalue weighted by Crippen LogP contribution is 2.27. The maximum Gasteiger partial charge on any atom is 0.225 e. The van der Waals surface area contributed by atoms with Gasteiger partial charge >= 0.3 is 0 Å². The zero-order valence-electron chi connectivity index (χ0n) is 11.6. The van der Waals surface area contributed by atoms with Crippen LogP contribution in [-0.4, -0.2) is 25.5 Å². The molecule has 17 heavy (non-hydrogen) atoms. The Morgan fingerprint density at radius 1 is 1.35 bits per heavy atom.